The van der Waals surface area contributed by atoms with Crippen LogP contribution in [-0.2, 0) is 11.3 Å². The third-order valence-corrected chi connectivity index (χ3v) is 7.16. The molecular formula is C26H28FN5O3. The number of hydrogen-bond donors (Lipinski definition) is 0. The Balaban J connectivity index is 1.11. The number of hydrogen-bond acceptors (Lipinski definition) is 7. The first-order chi connectivity index (χ1) is 17.0. The maximum Gasteiger partial charge on any atom is 0.245 e. The van der Waals surface area contributed by atoms with Gasteiger partial charge in [-0.1, -0.05) is 6.07 Å². The Morgan fingerprint density at radius 2 is 1.86 bits per heavy atom. The summed E-state index contributed by atoms with van der Waals surface area (Å²) in [6.45, 7) is 6.74. The molecule has 6 rings (SSSR count). The molecule has 1 unspecified atom stereocenters. The van der Waals surface area contributed by atoms with E-state index in [0.29, 0.717) is 29.9 Å². The van der Waals surface area contributed by atoms with Gasteiger partial charge in [0, 0.05) is 44.7 Å². The number of benzene rings is 2. The summed E-state index contributed by atoms with van der Waals surface area (Å²) in [6, 6.07) is 10.4. The van der Waals surface area contributed by atoms with Crippen LogP contribution in [0.2, 0.25) is 0 Å². The van der Waals surface area contributed by atoms with Crippen LogP contribution in [0.5, 0.6) is 11.5 Å². The van der Waals surface area contributed by atoms with Gasteiger partial charge in [0.2, 0.25) is 18.6 Å². The Morgan fingerprint density at radius 1 is 1.03 bits per heavy atom. The van der Waals surface area contributed by atoms with Crippen molar-refractivity contribution in [3.63, 3.8) is 0 Å². The van der Waals surface area contributed by atoms with Gasteiger partial charge in [0.1, 0.15) is 11.9 Å². The molecule has 0 radical (unpaired) electrons. The molecule has 0 saturated carbocycles. The molecule has 9 heteroatoms. The number of rotatable bonds is 4. The van der Waals surface area contributed by atoms with Crippen LogP contribution in [0.4, 0.5) is 10.3 Å². The number of fused-ring (bicyclic) bond motifs is 2. The van der Waals surface area contributed by atoms with Crippen molar-refractivity contribution in [3.05, 3.63) is 53.5 Å². The molecular weight excluding hydrogens is 449 g/mol. The van der Waals surface area contributed by atoms with Crippen LogP contribution in [0.1, 0.15) is 24.1 Å². The van der Waals surface area contributed by atoms with Crippen molar-refractivity contribution in [2.75, 3.05) is 44.4 Å². The second-order valence-electron chi connectivity index (χ2n) is 9.41. The number of amides is 1. The molecule has 0 aliphatic carbocycles. The third kappa shape index (κ3) is 4.25. The summed E-state index contributed by atoms with van der Waals surface area (Å²) in [7, 11) is 0. The first-order valence-corrected chi connectivity index (χ1v) is 12.2. The number of nitrogens with zero attached hydrogens (tertiary/aromatic N) is 5. The fourth-order valence-corrected chi connectivity index (χ4v) is 5.26. The van der Waals surface area contributed by atoms with Gasteiger partial charge in [-0.25, -0.2) is 14.4 Å². The molecule has 0 N–H and O–H groups in total. The third-order valence-electron chi connectivity index (χ3n) is 7.16. The molecule has 3 aliphatic heterocycles. The number of piperazine rings is 1. The van der Waals surface area contributed by atoms with Crippen molar-refractivity contribution in [1.29, 1.82) is 0 Å². The second kappa shape index (κ2) is 8.96. The van der Waals surface area contributed by atoms with Gasteiger partial charge in [-0.05, 0) is 55.7 Å². The first kappa shape index (κ1) is 22.0. The van der Waals surface area contributed by atoms with Crippen molar-refractivity contribution in [2.24, 2.45) is 0 Å². The highest BCUT2D eigenvalue weighted by atomic mass is 19.1. The molecule has 1 aromatic heterocycles. The van der Waals surface area contributed by atoms with Gasteiger partial charge in [0.15, 0.2) is 11.5 Å². The van der Waals surface area contributed by atoms with Gasteiger partial charge in [-0.15, -0.1) is 0 Å². The molecule has 35 heavy (non-hydrogen) atoms. The van der Waals surface area contributed by atoms with E-state index in [0.717, 1.165) is 56.2 Å². The number of ether oxygens (including phenoxy) is 2. The molecule has 2 aromatic carbocycles. The largest absolute Gasteiger partial charge is 0.454 e. The molecule has 0 bridgehead atoms. The molecule has 4 heterocycles. The van der Waals surface area contributed by atoms with E-state index in [9.17, 15) is 9.18 Å². The summed E-state index contributed by atoms with van der Waals surface area (Å²) >= 11 is 0. The topological polar surface area (TPSA) is 71.0 Å². The second-order valence-corrected chi connectivity index (χ2v) is 9.41. The highest BCUT2D eigenvalue weighted by Crippen LogP contribution is 2.33. The monoisotopic (exact) mass is 477 g/mol. The summed E-state index contributed by atoms with van der Waals surface area (Å²) in [6.07, 6.45) is 1.71. The average Bonchev–Trinajstić information content (AvgIpc) is 3.54. The Kier molecular flexibility index (Phi) is 5.64. The Labute approximate surface area is 203 Å². The zero-order valence-electron chi connectivity index (χ0n) is 19.7. The summed E-state index contributed by atoms with van der Waals surface area (Å²) in [4.78, 5) is 29.2. The van der Waals surface area contributed by atoms with E-state index < -0.39 is 0 Å². The number of halogens is 1. The minimum atomic E-state index is -0.302. The molecule has 1 amide bonds. The van der Waals surface area contributed by atoms with Gasteiger partial charge in [0.25, 0.3) is 0 Å². The molecule has 0 spiro atoms. The highest BCUT2D eigenvalue weighted by Gasteiger charge is 2.36. The van der Waals surface area contributed by atoms with Gasteiger partial charge < -0.3 is 19.3 Å². The normalized spacial score (nSPS) is 20.1. The number of aryl methyl sites for hydroxylation is 1. The predicted octanol–water partition coefficient (Wildman–Crippen LogP) is 3.12. The zero-order valence-corrected chi connectivity index (χ0v) is 19.7. The van der Waals surface area contributed by atoms with E-state index in [1.165, 1.54) is 17.7 Å². The standard InChI is InChI=1S/C26H28FN5O3/c1-17-20-14-19(27)5-6-21(20)29-26(28-17)32-8-2-3-22(32)25(33)31-11-9-30(10-12-31)15-18-4-7-23-24(13-18)35-16-34-23/h4-7,13-14,22H,2-3,8-12,15-16H2,1H3. The number of carbonyl (C=O) groups excluding carboxylic acids is 1. The van der Waals surface area contributed by atoms with Crippen LogP contribution in [0.15, 0.2) is 36.4 Å². The van der Waals surface area contributed by atoms with Crippen LogP contribution < -0.4 is 14.4 Å². The lowest BCUT2D eigenvalue weighted by Crippen LogP contribution is -2.53. The molecule has 1 atom stereocenters. The summed E-state index contributed by atoms with van der Waals surface area (Å²) in [5.41, 5.74) is 2.60. The highest BCUT2D eigenvalue weighted by molar-refractivity contribution is 5.87. The fourth-order valence-electron chi connectivity index (χ4n) is 5.26. The lowest BCUT2D eigenvalue weighted by molar-refractivity contribution is -0.134. The number of anilines is 1. The summed E-state index contributed by atoms with van der Waals surface area (Å²) in [5, 5.41) is 0.703. The molecule has 8 nitrogen and oxygen atoms in total. The van der Waals surface area contributed by atoms with Crippen LogP contribution in [-0.4, -0.2) is 71.2 Å². The van der Waals surface area contributed by atoms with Crippen LogP contribution >= 0.6 is 0 Å². The maximum absolute atomic E-state index is 13.7. The number of aromatic nitrogens is 2. The zero-order chi connectivity index (χ0) is 23.9. The van der Waals surface area contributed by atoms with E-state index >= 15 is 0 Å². The molecule has 3 aliphatic rings. The Morgan fingerprint density at radius 3 is 2.71 bits per heavy atom. The van der Waals surface area contributed by atoms with E-state index in [-0.39, 0.29) is 24.6 Å². The molecule has 182 valence electrons. The van der Waals surface area contributed by atoms with Crippen molar-refractivity contribution in [1.82, 2.24) is 19.8 Å². The van der Waals surface area contributed by atoms with E-state index in [4.69, 9.17) is 9.47 Å². The predicted molar refractivity (Wildman–Crippen MR) is 129 cm³/mol. The summed E-state index contributed by atoms with van der Waals surface area (Å²) < 4.78 is 24.6. The summed E-state index contributed by atoms with van der Waals surface area (Å²) in [5.74, 6) is 1.99. The smallest absolute Gasteiger partial charge is 0.245 e. The van der Waals surface area contributed by atoms with E-state index in [1.54, 1.807) is 6.07 Å². The van der Waals surface area contributed by atoms with E-state index in [1.807, 2.05) is 28.9 Å². The van der Waals surface area contributed by atoms with Gasteiger partial charge >= 0.3 is 0 Å². The van der Waals surface area contributed by atoms with Crippen molar-refractivity contribution >= 4 is 22.8 Å². The van der Waals surface area contributed by atoms with Crippen LogP contribution in [0.25, 0.3) is 10.9 Å². The average molecular weight is 478 g/mol. The van der Waals surface area contributed by atoms with Gasteiger partial charge in [-0.2, -0.15) is 0 Å². The van der Waals surface area contributed by atoms with Crippen LogP contribution in [0, 0.1) is 12.7 Å². The Hall–Kier alpha value is -3.46. The fraction of sp³-hybridized carbons (Fsp3) is 0.423. The van der Waals surface area contributed by atoms with Crippen molar-refractivity contribution in [3.8, 4) is 11.5 Å². The molecule has 3 aromatic rings. The quantitative estimate of drug-likeness (QED) is 0.572. The minimum absolute atomic E-state index is 0.144. The molecule has 2 fully saturated rings. The lowest BCUT2D eigenvalue weighted by atomic mass is 10.1. The maximum atomic E-state index is 13.7. The first-order valence-electron chi connectivity index (χ1n) is 12.2. The van der Waals surface area contributed by atoms with Crippen LogP contribution in [0.3, 0.4) is 0 Å². The van der Waals surface area contributed by atoms with Crippen molar-refractivity contribution < 1.29 is 18.7 Å². The minimum Gasteiger partial charge on any atom is -0.454 e. The lowest BCUT2D eigenvalue weighted by Gasteiger charge is -2.37. The Bertz CT molecular complexity index is 1280. The number of carbonyl (C=O) groups is 1. The SMILES string of the molecule is Cc1nc(N2CCCC2C(=O)N2CCN(Cc3ccc4c(c3)OCO4)CC2)nc2ccc(F)cc12. The van der Waals surface area contributed by atoms with Crippen molar-refractivity contribution in [2.45, 2.75) is 32.4 Å². The van der Waals surface area contributed by atoms with Gasteiger partial charge in [0.05, 0.1) is 11.2 Å². The van der Waals surface area contributed by atoms with Gasteiger partial charge in [-0.3, -0.25) is 9.69 Å². The molecule has 2 saturated heterocycles. The van der Waals surface area contributed by atoms with E-state index in [2.05, 4.69) is 20.9 Å².